The zero-order valence-corrected chi connectivity index (χ0v) is 15.9. The maximum absolute atomic E-state index is 12.7. The molecule has 0 N–H and O–H groups in total. The Morgan fingerprint density at radius 3 is 2.48 bits per heavy atom. The number of hydrogen-bond donors (Lipinski definition) is 0. The zero-order chi connectivity index (χ0) is 18.6. The number of nitrogens with zero attached hydrogens (tertiary/aromatic N) is 5. The van der Waals surface area contributed by atoms with Crippen LogP contribution in [0.2, 0.25) is 0 Å². The largest absolute Gasteiger partial charge is 0.367 e. The average molecular weight is 365 g/mol. The Morgan fingerprint density at radius 2 is 1.81 bits per heavy atom. The van der Waals surface area contributed by atoms with Crippen molar-refractivity contribution in [3.63, 3.8) is 0 Å². The summed E-state index contributed by atoms with van der Waals surface area (Å²) in [5.41, 5.74) is 1.64. The molecule has 0 aliphatic carbocycles. The number of hydrogen-bond acceptors (Lipinski definition) is 5. The van der Waals surface area contributed by atoms with Gasteiger partial charge in [-0.25, -0.2) is 9.97 Å². The standard InChI is InChI=1S/C21H27N5O/c1-17-5-4-10-26(16-17)21(27)19-8-7-18(15-23-19)24-11-13-25(14-12-24)20-6-2-3-9-22-20/h2-3,6-9,15,17H,4-5,10-14,16H2,1H3. The molecule has 2 aromatic heterocycles. The van der Waals surface area contributed by atoms with Gasteiger partial charge in [-0.3, -0.25) is 4.79 Å². The Morgan fingerprint density at radius 1 is 1.00 bits per heavy atom. The lowest BCUT2D eigenvalue weighted by Gasteiger charge is -2.36. The minimum Gasteiger partial charge on any atom is -0.367 e. The second-order valence-corrected chi connectivity index (χ2v) is 7.56. The van der Waals surface area contributed by atoms with Crippen LogP contribution in [-0.4, -0.2) is 60.0 Å². The maximum Gasteiger partial charge on any atom is 0.272 e. The van der Waals surface area contributed by atoms with Gasteiger partial charge in [0.1, 0.15) is 11.5 Å². The molecule has 6 heteroatoms. The van der Waals surface area contributed by atoms with Gasteiger partial charge in [0.15, 0.2) is 0 Å². The van der Waals surface area contributed by atoms with E-state index in [1.165, 1.54) is 6.42 Å². The fraction of sp³-hybridized carbons (Fsp3) is 0.476. The van der Waals surface area contributed by atoms with Gasteiger partial charge >= 0.3 is 0 Å². The maximum atomic E-state index is 12.7. The number of piperidine rings is 1. The number of aromatic nitrogens is 2. The van der Waals surface area contributed by atoms with E-state index in [2.05, 4.69) is 32.8 Å². The minimum atomic E-state index is 0.0630. The Bertz CT molecular complexity index is 756. The molecule has 6 nitrogen and oxygen atoms in total. The first-order chi connectivity index (χ1) is 13.2. The van der Waals surface area contributed by atoms with E-state index in [4.69, 9.17) is 0 Å². The number of pyridine rings is 2. The van der Waals surface area contributed by atoms with Crippen LogP contribution in [0.1, 0.15) is 30.3 Å². The highest BCUT2D eigenvalue weighted by atomic mass is 16.2. The molecule has 0 aromatic carbocycles. The lowest BCUT2D eigenvalue weighted by Crippen LogP contribution is -2.46. The van der Waals surface area contributed by atoms with E-state index < -0.39 is 0 Å². The monoisotopic (exact) mass is 365 g/mol. The van der Waals surface area contributed by atoms with Crippen molar-refractivity contribution < 1.29 is 4.79 Å². The van der Waals surface area contributed by atoms with Crippen LogP contribution < -0.4 is 9.80 Å². The molecule has 2 aromatic rings. The molecule has 2 aliphatic rings. The molecule has 2 saturated heterocycles. The molecule has 4 heterocycles. The third kappa shape index (κ3) is 4.04. The summed E-state index contributed by atoms with van der Waals surface area (Å²) < 4.78 is 0. The number of rotatable bonds is 3. The van der Waals surface area contributed by atoms with E-state index in [0.29, 0.717) is 11.6 Å². The van der Waals surface area contributed by atoms with E-state index in [-0.39, 0.29) is 5.91 Å². The van der Waals surface area contributed by atoms with Crippen molar-refractivity contribution in [1.82, 2.24) is 14.9 Å². The SMILES string of the molecule is CC1CCCN(C(=O)c2ccc(N3CCN(c4ccccn4)CC3)cn2)C1. The zero-order valence-electron chi connectivity index (χ0n) is 15.9. The second kappa shape index (κ2) is 7.94. The van der Waals surface area contributed by atoms with Crippen LogP contribution in [0, 0.1) is 5.92 Å². The second-order valence-electron chi connectivity index (χ2n) is 7.56. The number of piperazine rings is 1. The van der Waals surface area contributed by atoms with Gasteiger partial charge in [0.2, 0.25) is 0 Å². The van der Waals surface area contributed by atoms with Crippen molar-refractivity contribution in [1.29, 1.82) is 0 Å². The lowest BCUT2D eigenvalue weighted by atomic mass is 10.00. The van der Waals surface area contributed by atoms with Crippen molar-refractivity contribution >= 4 is 17.4 Å². The summed E-state index contributed by atoms with van der Waals surface area (Å²) >= 11 is 0. The number of likely N-dealkylation sites (tertiary alicyclic amines) is 1. The third-order valence-electron chi connectivity index (χ3n) is 5.53. The topological polar surface area (TPSA) is 52.6 Å². The predicted octanol–water partition coefficient (Wildman–Crippen LogP) is 2.68. The van der Waals surface area contributed by atoms with Crippen LogP contribution >= 0.6 is 0 Å². The highest BCUT2D eigenvalue weighted by Gasteiger charge is 2.23. The van der Waals surface area contributed by atoms with Crippen LogP contribution in [0.15, 0.2) is 42.7 Å². The quantitative estimate of drug-likeness (QED) is 0.837. The van der Waals surface area contributed by atoms with Crippen LogP contribution in [0.5, 0.6) is 0 Å². The fourth-order valence-electron chi connectivity index (χ4n) is 3.97. The van der Waals surface area contributed by atoms with E-state index in [0.717, 1.165) is 57.2 Å². The molecule has 1 unspecified atom stereocenters. The van der Waals surface area contributed by atoms with Crippen molar-refractivity contribution in [2.45, 2.75) is 19.8 Å². The first-order valence-electron chi connectivity index (χ1n) is 9.87. The summed E-state index contributed by atoms with van der Waals surface area (Å²) in [6, 6.07) is 9.93. The first kappa shape index (κ1) is 17.8. The van der Waals surface area contributed by atoms with Crippen molar-refractivity contribution in [3.05, 3.63) is 48.4 Å². The smallest absolute Gasteiger partial charge is 0.272 e. The van der Waals surface area contributed by atoms with Crippen molar-refractivity contribution in [3.8, 4) is 0 Å². The van der Waals surface area contributed by atoms with Gasteiger partial charge in [0.05, 0.1) is 11.9 Å². The predicted molar refractivity (Wildman–Crippen MR) is 107 cm³/mol. The summed E-state index contributed by atoms with van der Waals surface area (Å²) in [5, 5.41) is 0. The molecule has 1 atom stereocenters. The summed E-state index contributed by atoms with van der Waals surface area (Å²) in [6.45, 7) is 7.62. The molecule has 0 spiro atoms. The van der Waals surface area contributed by atoms with E-state index in [9.17, 15) is 4.79 Å². The number of amides is 1. The van der Waals surface area contributed by atoms with Gasteiger partial charge in [-0.15, -0.1) is 0 Å². The Kier molecular flexibility index (Phi) is 5.23. The van der Waals surface area contributed by atoms with Crippen LogP contribution in [0.4, 0.5) is 11.5 Å². The lowest BCUT2D eigenvalue weighted by molar-refractivity contribution is 0.0677. The molecule has 0 bridgehead atoms. The number of carbonyl (C=O) groups is 1. The minimum absolute atomic E-state index is 0.0630. The van der Waals surface area contributed by atoms with Crippen molar-refractivity contribution in [2.24, 2.45) is 5.92 Å². The summed E-state index contributed by atoms with van der Waals surface area (Å²) in [7, 11) is 0. The van der Waals surface area contributed by atoms with E-state index in [1.54, 1.807) is 0 Å². The molecule has 1 amide bonds. The molecule has 2 aliphatic heterocycles. The Hall–Kier alpha value is -2.63. The molecule has 4 rings (SSSR count). The molecular formula is C21H27N5O. The summed E-state index contributed by atoms with van der Waals surface area (Å²) in [4.78, 5) is 28.1. The Labute approximate surface area is 160 Å². The highest BCUT2D eigenvalue weighted by Crippen LogP contribution is 2.20. The van der Waals surface area contributed by atoms with E-state index >= 15 is 0 Å². The molecule has 0 saturated carbocycles. The average Bonchev–Trinajstić information content (AvgIpc) is 2.74. The van der Waals surface area contributed by atoms with Crippen molar-refractivity contribution in [2.75, 3.05) is 49.1 Å². The molecule has 27 heavy (non-hydrogen) atoms. The summed E-state index contributed by atoms with van der Waals surface area (Å²) in [5.74, 6) is 1.68. The van der Waals surface area contributed by atoms with Crippen LogP contribution in [-0.2, 0) is 0 Å². The third-order valence-corrected chi connectivity index (χ3v) is 5.53. The normalized spacial score (nSPS) is 20.6. The van der Waals surface area contributed by atoms with Gasteiger partial charge in [-0.1, -0.05) is 13.0 Å². The molecule has 2 fully saturated rings. The molecular weight excluding hydrogens is 338 g/mol. The Balaban J connectivity index is 1.36. The van der Waals surface area contributed by atoms with Crippen LogP contribution in [0.3, 0.4) is 0 Å². The fourth-order valence-corrected chi connectivity index (χ4v) is 3.97. The van der Waals surface area contributed by atoms with E-state index in [1.807, 2.05) is 41.6 Å². The van der Waals surface area contributed by atoms with Gasteiger partial charge in [-0.05, 0) is 43.0 Å². The molecule has 0 radical (unpaired) electrons. The van der Waals surface area contributed by atoms with Gasteiger partial charge in [-0.2, -0.15) is 0 Å². The van der Waals surface area contributed by atoms with Crippen LogP contribution in [0.25, 0.3) is 0 Å². The molecule has 142 valence electrons. The number of anilines is 2. The highest BCUT2D eigenvalue weighted by molar-refractivity contribution is 5.92. The summed E-state index contributed by atoms with van der Waals surface area (Å²) in [6.07, 6.45) is 5.98. The number of carbonyl (C=O) groups excluding carboxylic acids is 1. The van der Waals surface area contributed by atoms with Gasteiger partial charge in [0.25, 0.3) is 5.91 Å². The first-order valence-corrected chi connectivity index (χ1v) is 9.87. The van der Waals surface area contributed by atoms with Gasteiger partial charge < -0.3 is 14.7 Å². The van der Waals surface area contributed by atoms with Gasteiger partial charge in [0, 0.05) is 45.5 Å².